The number of piperidine rings is 2. The Bertz CT molecular complexity index is 446. The molecule has 0 saturated carbocycles. The normalized spacial score (nSPS) is 28.4. The molecular formula is C22H46N2O2Si. The van der Waals surface area contributed by atoms with Crippen LogP contribution in [0.15, 0.2) is 0 Å². The fourth-order valence-corrected chi connectivity index (χ4v) is 9.59. The van der Waals surface area contributed by atoms with Crippen LogP contribution in [-0.2, 0) is 8.85 Å². The number of rotatable bonds is 9. The van der Waals surface area contributed by atoms with E-state index in [4.69, 9.17) is 8.85 Å². The Hall–Kier alpha value is 0.0569. The highest BCUT2D eigenvalue weighted by atomic mass is 28.4. The summed E-state index contributed by atoms with van der Waals surface area (Å²) in [5.41, 5.74) is 0. The van der Waals surface area contributed by atoms with Gasteiger partial charge in [0.2, 0.25) is 0 Å². The van der Waals surface area contributed by atoms with Gasteiger partial charge >= 0.3 is 8.72 Å². The predicted octanol–water partition coefficient (Wildman–Crippen LogP) is 5.51. The predicted molar refractivity (Wildman–Crippen MR) is 117 cm³/mol. The van der Waals surface area contributed by atoms with E-state index in [0.717, 1.165) is 13.3 Å². The maximum Gasteiger partial charge on any atom is 0.434 e. The zero-order chi connectivity index (χ0) is 20.1. The summed E-state index contributed by atoms with van der Waals surface area (Å²) in [6, 6.07) is 1.28. The summed E-state index contributed by atoms with van der Waals surface area (Å²) in [6.45, 7) is 17.2. The van der Waals surface area contributed by atoms with Gasteiger partial charge in [-0.05, 0) is 51.0 Å². The number of likely N-dealkylation sites (tertiary alicyclic amines) is 1. The van der Waals surface area contributed by atoms with E-state index < -0.39 is 8.72 Å². The maximum atomic E-state index is 7.02. The minimum absolute atomic E-state index is 0.0318. The lowest BCUT2D eigenvalue weighted by atomic mass is 9.99. The number of hydrogen-bond donors (Lipinski definition) is 0. The number of hydrogen-bond acceptors (Lipinski definition) is 4. The summed E-state index contributed by atoms with van der Waals surface area (Å²) in [5, 5.41) is 0.0318. The zero-order valence-electron chi connectivity index (χ0n) is 19.2. The molecule has 0 spiro atoms. The molecule has 3 atom stereocenters. The van der Waals surface area contributed by atoms with Gasteiger partial charge in [-0.1, -0.05) is 54.4 Å². The Morgan fingerprint density at radius 1 is 0.963 bits per heavy atom. The lowest BCUT2D eigenvalue weighted by Crippen LogP contribution is -2.69. The molecule has 27 heavy (non-hydrogen) atoms. The quantitative estimate of drug-likeness (QED) is 0.478. The van der Waals surface area contributed by atoms with Crippen molar-refractivity contribution in [2.75, 3.05) is 26.9 Å². The average molecular weight is 399 g/mol. The molecule has 2 aliphatic heterocycles. The molecule has 2 fully saturated rings. The molecule has 2 heterocycles. The van der Waals surface area contributed by atoms with Crippen molar-refractivity contribution in [1.29, 1.82) is 0 Å². The van der Waals surface area contributed by atoms with Gasteiger partial charge in [0, 0.05) is 30.8 Å². The molecule has 0 aromatic rings. The highest BCUT2D eigenvalue weighted by Gasteiger charge is 2.60. The van der Waals surface area contributed by atoms with Crippen LogP contribution < -0.4 is 0 Å². The second-order valence-corrected chi connectivity index (χ2v) is 13.3. The monoisotopic (exact) mass is 398 g/mol. The molecule has 2 rings (SSSR count). The molecular weight excluding hydrogens is 352 g/mol. The van der Waals surface area contributed by atoms with Gasteiger partial charge in [-0.15, -0.1) is 0 Å². The molecule has 0 aromatic heterocycles. The Balaban J connectivity index is 2.30. The number of nitrogens with zero attached hydrogens (tertiary/aromatic N) is 2. The van der Waals surface area contributed by atoms with E-state index in [-0.39, 0.29) is 5.04 Å². The first-order chi connectivity index (χ1) is 12.8. The third-order valence-corrected chi connectivity index (χ3v) is 12.3. The third-order valence-electron chi connectivity index (χ3n) is 7.66. The van der Waals surface area contributed by atoms with Gasteiger partial charge in [0.25, 0.3) is 0 Å². The second-order valence-electron chi connectivity index (χ2n) is 9.56. The van der Waals surface area contributed by atoms with E-state index >= 15 is 0 Å². The van der Waals surface area contributed by atoms with Crippen molar-refractivity contribution < 1.29 is 8.85 Å². The molecule has 5 heteroatoms. The topological polar surface area (TPSA) is 24.9 Å². The van der Waals surface area contributed by atoms with Crippen molar-refractivity contribution in [2.24, 2.45) is 5.92 Å². The van der Waals surface area contributed by atoms with Gasteiger partial charge in [-0.3, -0.25) is 9.47 Å². The summed E-state index contributed by atoms with van der Waals surface area (Å²) in [6.07, 6.45) is 10.3. The zero-order valence-corrected chi connectivity index (χ0v) is 20.2. The molecule has 0 aromatic carbocycles. The fraction of sp³-hybridized carbons (Fsp3) is 1.00. The van der Waals surface area contributed by atoms with Crippen LogP contribution in [0.5, 0.6) is 0 Å². The third kappa shape index (κ3) is 4.80. The van der Waals surface area contributed by atoms with Gasteiger partial charge in [0.15, 0.2) is 0 Å². The Labute approximate surface area is 170 Å². The minimum Gasteiger partial charge on any atom is -0.386 e. The highest BCUT2D eigenvalue weighted by Crippen LogP contribution is 2.48. The second kappa shape index (κ2) is 10.2. The first kappa shape index (κ1) is 23.3. The molecule has 0 radical (unpaired) electrons. The smallest absolute Gasteiger partial charge is 0.386 e. The van der Waals surface area contributed by atoms with Crippen LogP contribution in [0.3, 0.4) is 0 Å². The molecule has 0 aliphatic carbocycles. The van der Waals surface area contributed by atoms with Crippen molar-refractivity contribution in [3.63, 3.8) is 0 Å². The standard InChI is InChI=1S/C22H46N2O2Si/c1-8-20-14-10-12-16-23(20)18-26-27(25-7,22(5,6)19(3)4)24-17-13-11-15-21(24)9-2/h19-21H,8-18H2,1-7H3. The molecule has 0 N–H and O–H groups in total. The molecule has 0 bridgehead atoms. The van der Waals surface area contributed by atoms with E-state index in [1.165, 1.54) is 57.9 Å². The molecule has 2 saturated heterocycles. The largest absolute Gasteiger partial charge is 0.434 e. The summed E-state index contributed by atoms with van der Waals surface area (Å²) in [4.78, 5) is 2.59. The Kier molecular flexibility index (Phi) is 8.81. The molecule has 3 unspecified atom stereocenters. The van der Waals surface area contributed by atoms with E-state index in [1.54, 1.807) is 0 Å². The minimum atomic E-state index is -2.58. The van der Waals surface area contributed by atoms with Gasteiger partial charge in [0.1, 0.15) is 0 Å². The molecule has 160 valence electrons. The van der Waals surface area contributed by atoms with Crippen molar-refractivity contribution >= 4 is 8.72 Å². The van der Waals surface area contributed by atoms with E-state index in [9.17, 15) is 0 Å². The molecule has 4 nitrogen and oxygen atoms in total. The Morgan fingerprint density at radius 3 is 2.11 bits per heavy atom. The summed E-state index contributed by atoms with van der Waals surface area (Å²) < 4.78 is 16.2. The van der Waals surface area contributed by atoms with Crippen molar-refractivity contribution in [3.8, 4) is 0 Å². The van der Waals surface area contributed by atoms with Crippen molar-refractivity contribution in [1.82, 2.24) is 9.47 Å². The van der Waals surface area contributed by atoms with Crippen molar-refractivity contribution in [2.45, 2.75) is 110 Å². The van der Waals surface area contributed by atoms with Crippen LogP contribution in [0, 0.1) is 5.92 Å². The molecule has 0 amide bonds. The lowest BCUT2D eigenvalue weighted by molar-refractivity contribution is -0.00551. The first-order valence-electron chi connectivity index (χ1n) is 11.5. The van der Waals surface area contributed by atoms with E-state index in [0.29, 0.717) is 18.0 Å². The van der Waals surface area contributed by atoms with Gasteiger partial charge in [-0.25, -0.2) is 0 Å². The SMILES string of the molecule is CCC1CCCCN1CO[Si](OC)(N1CCCCC1CC)C(C)(C)C(C)C. The average Bonchev–Trinajstić information content (AvgIpc) is 2.69. The van der Waals surface area contributed by atoms with Crippen LogP contribution >= 0.6 is 0 Å². The van der Waals surface area contributed by atoms with E-state index in [2.05, 4.69) is 51.0 Å². The molecule has 2 aliphatic rings. The van der Waals surface area contributed by atoms with Crippen LogP contribution in [0.1, 0.15) is 92.9 Å². The summed E-state index contributed by atoms with van der Waals surface area (Å²) in [7, 11) is -0.656. The Morgan fingerprint density at radius 2 is 1.56 bits per heavy atom. The van der Waals surface area contributed by atoms with Crippen LogP contribution in [-0.4, -0.2) is 57.2 Å². The van der Waals surface area contributed by atoms with Gasteiger partial charge in [0.05, 0.1) is 6.73 Å². The summed E-state index contributed by atoms with van der Waals surface area (Å²) >= 11 is 0. The van der Waals surface area contributed by atoms with Crippen LogP contribution in [0.25, 0.3) is 0 Å². The van der Waals surface area contributed by atoms with Crippen molar-refractivity contribution in [3.05, 3.63) is 0 Å². The van der Waals surface area contributed by atoms with E-state index in [1.807, 2.05) is 7.11 Å². The fourth-order valence-electron chi connectivity index (χ4n) is 5.12. The highest BCUT2D eigenvalue weighted by molar-refractivity contribution is 6.68. The van der Waals surface area contributed by atoms with Gasteiger partial charge in [-0.2, -0.15) is 0 Å². The lowest BCUT2D eigenvalue weighted by Gasteiger charge is -2.54. The van der Waals surface area contributed by atoms with Crippen LogP contribution in [0.4, 0.5) is 0 Å². The maximum absolute atomic E-state index is 7.02. The summed E-state index contributed by atoms with van der Waals surface area (Å²) in [5.74, 6) is 0.520. The van der Waals surface area contributed by atoms with Gasteiger partial charge < -0.3 is 8.85 Å². The first-order valence-corrected chi connectivity index (χ1v) is 13.3. The van der Waals surface area contributed by atoms with Crippen LogP contribution in [0.2, 0.25) is 5.04 Å².